The van der Waals surface area contributed by atoms with Crippen LogP contribution in [0, 0.1) is 6.92 Å². The van der Waals surface area contributed by atoms with E-state index in [2.05, 4.69) is 10.6 Å². The molecule has 0 unspecified atom stereocenters. The Bertz CT molecular complexity index is 931. The molecular weight excluding hydrogens is 388 g/mol. The zero-order valence-corrected chi connectivity index (χ0v) is 16.9. The van der Waals surface area contributed by atoms with E-state index in [9.17, 15) is 4.79 Å². The Morgan fingerprint density at radius 2 is 1.52 bits per heavy atom. The van der Waals surface area contributed by atoms with Gasteiger partial charge in [-0.2, -0.15) is 0 Å². The first-order valence-corrected chi connectivity index (χ1v) is 9.69. The molecule has 0 spiro atoms. The Balaban J connectivity index is 1.40. The SMILES string of the molecule is Cc1c(Cl)cccc1NCC(=O)Nc1ccc(OCCOc2ccccc2)cc1. The smallest absolute Gasteiger partial charge is 0.243 e. The highest BCUT2D eigenvalue weighted by Gasteiger charge is 2.06. The molecule has 3 rings (SSSR count). The maximum atomic E-state index is 12.2. The maximum Gasteiger partial charge on any atom is 0.243 e. The summed E-state index contributed by atoms with van der Waals surface area (Å²) < 4.78 is 11.2. The molecular formula is C23H23ClN2O3. The van der Waals surface area contributed by atoms with Crippen LogP contribution in [-0.4, -0.2) is 25.7 Å². The van der Waals surface area contributed by atoms with Gasteiger partial charge in [0.25, 0.3) is 0 Å². The Morgan fingerprint density at radius 3 is 2.21 bits per heavy atom. The van der Waals surface area contributed by atoms with E-state index in [1.54, 1.807) is 12.1 Å². The first-order chi connectivity index (χ1) is 14.1. The number of carbonyl (C=O) groups is 1. The van der Waals surface area contributed by atoms with Crippen molar-refractivity contribution < 1.29 is 14.3 Å². The number of amides is 1. The molecule has 0 aliphatic heterocycles. The molecule has 0 aromatic heterocycles. The molecule has 3 aromatic carbocycles. The summed E-state index contributed by atoms with van der Waals surface area (Å²) in [6, 6.07) is 22.4. The number of benzene rings is 3. The molecule has 29 heavy (non-hydrogen) atoms. The van der Waals surface area contributed by atoms with E-state index < -0.39 is 0 Å². The molecule has 0 aliphatic rings. The van der Waals surface area contributed by atoms with Crippen molar-refractivity contribution in [2.45, 2.75) is 6.92 Å². The van der Waals surface area contributed by atoms with Crippen LogP contribution in [-0.2, 0) is 4.79 Å². The summed E-state index contributed by atoms with van der Waals surface area (Å²) in [7, 11) is 0. The van der Waals surface area contributed by atoms with Gasteiger partial charge in [0.15, 0.2) is 0 Å². The Kier molecular flexibility index (Phi) is 7.36. The largest absolute Gasteiger partial charge is 0.490 e. The lowest BCUT2D eigenvalue weighted by atomic mass is 10.2. The number of carbonyl (C=O) groups excluding carboxylic acids is 1. The van der Waals surface area contributed by atoms with Gasteiger partial charge in [0.05, 0.1) is 6.54 Å². The van der Waals surface area contributed by atoms with Crippen molar-refractivity contribution in [2.24, 2.45) is 0 Å². The highest BCUT2D eigenvalue weighted by Crippen LogP contribution is 2.22. The zero-order valence-electron chi connectivity index (χ0n) is 16.2. The topological polar surface area (TPSA) is 59.6 Å². The fraction of sp³-hybridized carbons (Fsp3) is 0.174. The number of para-hydroxylation sites is 1. The predicted octanol–water partition coefficient (Wildman–Crippen LogP) is 5.16. The van der Waals surface area contributed by atoms with Crippen molar-refractivity contribution in [3.8, 4) is 11.5 Å². The van der Waals surface area contributed by atoms with E-state index in [0.717, 1.165) is 17.0 Å². The minimum atomic E-state index is -0.144. The quantitative estimate of drug-likeness (QED) is 0.478. The van der Waals surface area contributed by atoms with Crippen LogP contribution in [0.4, 0.5) is 11.4 Å². The maximum absolute atomic E-state index is 12.2. The molecule has 1 amide bonds. The Hall–Kier alpha value is -3.18. The predicted molar refractivity (Wildman–Crippen MR) is 117 cm³/mol. The first-order valence-electron chi connectivity index (χ1n) is 9.31. The number of halogens is 1. The second kappa shape index (κ2) is 10.4. The third kappa shape index (κ3) is 6.43. The Morgan fingerprint density at radius 1 is 0.862 bits per heavy atom. The highest BCUT2D eigenvalue weighted by molar-refractivity contribution is 6.31. The number of hydrogen-bond acceptors (Lipinski definition) is 4. The van der Waals surface area contributed by atoms with Gasteiger partial charge < -0.3 is 20.1 Å². The van der Waals surface area contributed by atoms with E-state index in [1.165, 1.54) is 0 Å². The fourth-order valence-corrected chi connectivity index (χ4v) is 2.82. The number of rotatable bonds is 9. The van der Waals surface area contributed by atoms with Gasteiger partial charge in [-0.05, 0) is 61.0 Å². The average Bonchev–Trinajstić information content (AvgIpc) is 2.74. The molecule has 0 radical (unpaired) electrons. The standard InChI is InChI=1S/C23H23ClN2O3/c1-17-21(24)8-5-9-22(17)25-16-23(27)26-18-10-12-20(13-11-18)29-15-14-28-19-6-3-2-4-7-19/h2-13,25H,14-16H2,1H3,(H,26,27). The third-order valence-corrected chi connectivity index (χ3v) is 4.62. The van der Waals surface area contributed by atoms with Crippen molar-refractivity contribution in [3.63, 3.8) is 0 Å². The molecule has 2 N–H and O–H groups in total. The summed E-state index contributed by atoms with van der Waals surface area (Å²) >= 11 is 6.09. The van der Waals surface area contributed by atoms with Crippen LogP contribution in [0.1, 0.15) is 5.56 Å². The summed E-state index contributed by atoms with van der Waals surface area (Å²) in [4.78, 5) is 12.2. The lowest BCUT2D eigenvalue weighted by Gasteiger charge is -2.11. The van der Waals surface area contributed by atoms with Gasteiger partial charge in [-0.1, -0.05) is 35.9 Å². The molecule has 3 aromatic rings. The van der Waals surface area contributed by atoms with Gasteiger partial charge in [-0.15, -0.1) is 0 Å². The summed E-state index contributed by atoms with van der Waals surface area (Å²) in [6.07, 6.45) is 0. The Labute approximate surface area is 175 Å². The summed E-state index contributed by atoms with van der Waals surface area (Å²) in [5, 5.41) is 6.61. The van der Waals surface area contributed by atoms with Gasteiger partial charge in [0.1, 0.15) is 24.7 Å². The summed E-state index contributed by atoms with van der Waals surface area (Å²) in [5.74, 6) is 1.39. The van der Waals surface area contributed by atoms with Gasteiger partial charge in [-0.3, -0.25) is 4.79 Å². The molecule has 5 nitrogen and oxygen atoms in total. The van der Waals surface area contributed by atoms with Gasteiger partial charge in [0.2, 0.25) is 5.91 Å². The van der Waals surface area contributed by atoms with Gasteiger partial charge in [0, 0.05) is 16.4 Å². The van der Waals surface area contributed by atoms with Crippen molar-refractivity contribution >= 4 is 28.9 Å². The van der Waals surface area contributed by atoms with Crippen LogP contribution in [0.15, 0.2) is 72.8 Å². The number of hydrogen-bond donors (Lipinski definition) is 2. The number of nitrogens with one attached hydrogen (secondary N) is 2. The molecule has 0 aliphatic carbocycles. The van der Waals surface area contributed by atoms with Crippen LogP contribution in [0.3, 0.4) is 0 Å². The van der Waals surface area contributed by atoms with E-state index in [4.69, 9.17) is 21.1 Å². The minimum Gasteiger partial charge on any atom is -0.490 e. The fourth-order valence-electron chi connectivity index (χ4n) is 2.65. The van der Waals surface area contributed by atoms with Crippen molar-refractivity contribution in [1.82, 2.24) is 0 Å². The van der Waals surface area contributed by atoms with E-state index in [0.29, 0.717) is 29.7 Å². The van der Waals surface area contributed by atoms with E-state index in [1.807, 2.05) is 67.6 Å². The molecule has 6 heteroatoms. The minimum absolute atomic E-state index is 0.144. The monoisotopic (exact) mass is 410 g/mol. The van der Waals surface area contributed by atoms with Crippen molar-refractivity contribution in [1.29, 1.82) is 0 Å². The van der Waals surface area contributed by atoms with Crippen molar-refractivity contribution in [3.05, 3.63) is 83.4 Å². The molecule has 0 bridgehead atoms. The molecule has 0 saturated carbocycles. The average molecular weight is 411 g/mol. The molecule has 0 heterocycles. The normalized spacial score (nSPS) is 10.3. The van der Waals surface area contributed by atoms with Gasteiger partial charge in [-0.25, -0.2) is 0 Å². The second-order valence-electron chi connectivity index (χ2n) is 6.35. The van der Waals surface area contributed by atoms with E-state index in [-0.39, 0.29) is 12.5 Å². The van der Waals surface area contributed by atoms with Crippen molar-refractivity contribution in [2.75, 3.05) is 30.4 Å². The molecule has 0 atom stereocenters. The lowest BCUT2D eigenvalue weighted by molar-refractivity contribution is -0.114. The van der Waals surface area contributed by atoms with Crippen LogP contribution in [0.5, 0.6) is 11.5 Å². The third-order valence-electron chi connectivity index (χ3n) is 4.21. The second-order valence-corrected chi connectivity index (χ2v) is 6.76. The number of ether oxygens (including phenoxy) is 2. The molecule has 150 valence electrons. The zero-order chi connectivity index (χ0) is 20.5. The summed E-state index contributed by atoms with van der Waals surface area (Å²) in [5.41, 5.74) is 2.46. The van der Waals surface area contributed by atoms with Crippen LogP contribution in [0.2, 0.25) is 5.02 Å². The van der Waals surface area contributed by atoms with Crippen LogP contribution in [0.25, 0.3) is 0 Å². The van der Waals surface area contributed by atoms with Crippen LogP contribution >= 0.6 is 11.6 Å². The number of anilines is 2. The first kappa shape index (κ1) is 20.6. The molecule has 0 saturated heterocycles. The summed E-state index contributed by atoms with van der Waals surface area (Å²) in [6.45, 7) is 2.95. The van der Waals surface area contributed by atoms with E-state index >= 15 is 0 Å². The van der Waals surface area contributed by atoms with Crippen LogP contribution < -0.4 is 20.1 Å². The van der Waals surface area contributed by atoms with Gasteiger partial charge >= 0.3 is 0 Å². The molecule has 0 fully saturated rings. The lowest BCUT2D eigenvalue weighted by Crippen LogP contribution is -2.22. The highest BCUT2D eigenvalue weighted by atomic mass is 35.5.